The average molecular weight is 318 g/mol. The molecule has 2 aromatic heterocycles. The van der Waals surface area contributed by atoms with Crippen LogP contribution in [-0.2, 0) is 13.6 Å². The van der Waals surface area contributed by atoms with Gasteiger partial charge in [-0.15, -0.1) is 0 Å². The van der Waals surface area contributed by atoms with Gasteiger partial charge >= 0.3 is 0 Å². The number of hydrogen-bond acceptors (Lipinski definition) is 5. The van der Waals surface area contributed by atoms with Crippen molar-refractivity contribution in [2.75, 3.05) is 18.1 Å². The van der Waals surface area contributed by atoms with E-state index >= 15 is 0 Å². The highest BCUT2D eigenvalue weighted by molar-refractivity contribution is 7.99. The van der Waals surface area contributed by atoms with Crippen LogP contribution in [0.15, 0.2) is 30.7 Å². The van der Waals surface area contributed by atoms with Gasteiger partial charge in [-0.2, -0.15) is 16.9 Å². The maximum atomic E-state index is 10.5. The van der Waals surface area contributed by atoms with E-state index in [1.54, 1.807) is 12.4 Å². The molecule has 2 N–H and O–H groups in total. The van der Waals surface area contributed by atoms with Crippen molar-refractivity contribution in [3.8, 4) is 11.3 Å². The Balaban J connectivity index is 1.66. The molecule has 5 nitrogen and oxygen atoms in total. The number of nitrogens with zero attached hydrogens (tertiary/aromatic N) is 3. The molecule has 0 amide bonds. The van der Waals surface area contributed by atoms with Gasteiger partial charge in [0.1, 0.15) is 0 Å². The normalized spacial score (nSPS) is 17.5. The third-order valence-corrected chi connectivity index (χ3v) is 5.04. The van der Waals surface area contributed by atoms with Crippen molar-refractivity contribution in [1.29, 1.82) is 0 Å². The first kappa shape index (κ1) is 15.5. The van der Waals surface area contributed by atoms with Gasteiger partial charge in [-0.25, -0.2) is 0 Å². The standard InChI is InChI=1S/C16H22N4OS/c1-20-11-14(15(19-20)13-2-6-17-7-3-13)10-18-12-16(21)4-8-22-9-5-16/h2-3,6-7,11,18,21H,4-5,8-10,12H2,1H3. The lowest BCUT2D eigenvalue weighted by molar-refractivity contribution is 0.0320. The highest BCUT2D eigenvalue weighted by atomic mass is 32.2. The lowest BCUT2D eigenvalue weighted by Gasteiger charge is -2.31. The van der Waals surface area contributed by atoms with Gasteiger partial charge in [-0.05, 0) is 36.5 Å². The predicted octanol–water partition coefficient (Wildman–Crippen LogP) is 1.83. The summed E-state index contributed by atoms with van der Waals surface area (Å²) >= 11 is 1.92. The Hall–Kier alpha value is -1.37. The molecular weight excluding hydrogens is 296 g/mol. The van der Waals surface area contributed by atoms with Gasteiger partial charge in [0.2, 0.25) is 0 Å². The summed E-state index contributed by atoms with van der Waals surface area (Å²) in [7, 11) is 1.93. The second kappa shape index (κ2) is 6.81. The number of aryl methyl sites for hydroxylation is 1. The number of aromatic nitrogens is 3. The first-order valence-corrected chi connectivity index (χ1v) is 8.76. The maximum absolute atomic E-state index is 10.5. The van der Waals surface area contributed by atoms with E-state index in [0.717, 1.165) is 41.2 Å². The smallest absolute Gasteiger partial charge is 0.0969 e. The Labute approximate surface area is 135 Å². The third kappa shape index (κ3) is 3.69. The lowest BCUT2D eigenvalue weighted by atomic mass is 9.97. The zero-order chi connectivity index (χ0) is 15.4. The van der Waals surface area contributed by atoms with E-state index in [0.29, 0.717) is 13.1 Å². The van der Waals surface area contributed by atoms with Crippen LogP contribution in [0.2, 0.25) is 0 Å². The van der Waals surface area contributed by atoms with Crippen LogP contribution in [0, 0.1) is 0 Å². The molecule has 0 bridgehead atoms. The minimum Gasteiger partial charge on any atom is -0.389 e. The molecule has 3 rings (SSSR count). The maximum Gasteiger partial charge on any atom is 0.0969 e. The van der Waals surface area contributed by atoms with Gasteiger partial charge in [-0.3, -0.25) is 9.67 Å². The molecule has 0 unspecified atom stereocenters. The summed E-state index contributed by atoms with van der Waals surface area (Å²) in [6.45, 7) is 1.35. The fourth-order valence-corrected chi connectivity index (χ4v) is 4.03. The number of aliphatic hydroxyl groups is 1. The molecule has 0 saturated carbocycles. The minimum absolute atomic E-state index is 0.551. The van der Waals surface area contributed by atoms with Crippen molar-refractivity contribution in [3.63, 3.8) is 0 Å². The van der Waals surface area contributed by atoms with Crippen LogP contribution >= 0.6 is 11.8 Å². The molecular formula is C16H22N4OS. The predicted molar refractivity (Wildman–Crippen MR) is 89.7 cm³/mol. The zero-order valence-electron chi connectivity index (χ0n) is 12.8. The summed E-state index contributed by atoms with van der Waals surface area (Å²) in [6, 6.07) is 3.94. The largest absolute Gasteiger partial charge is 0.389 e. The van der Waals surface area contributed by atoms with Crippen LogP contribution in [0.5, 0.6) is 0 Å². The zero-order valence-corrected chi connectivity index (χ0v) is 13.6. The second-order valence-electron chi connectivity index (χ2n) is 5.85. The highest BCUT2D eigenvalue weighted by Gasteiger charge is 2.28. The lowest BCUT2D eigenvalue weighted by Crippen LogP contribution is -2.43. The van der Waals surface area contributed by atoms with Crippen LogP contribution in [0.3, 0.4) is 0 Å². The number of thioether (sulfide) groups is 1. The van der Waals surface area contributed by atoms with Crippen molar-refractivity contribution in [1.82, 2.24) is 20.1 Å². The molecule has 1 fully saturated rings. The van der Waals surface area contributed by atoms with Gasteiger partial charge in [0.15, 0.2) is 0 Å². The van der Waals surface area contributed by atoms with Crippen LogP contribution in [0.25, 0.3) is 11.3 Å². The molecule has 6 heteroatoms. The van der Waals surface area contributed by atoms with E-state index in [1.165, 1.54) is 0 Å². The minimum atomic E-state index is -0.551. The van der Waals surface area contributed by atoms with E-state index in [9.17, 15) is 5.11 Å². The third-order valence-electron chi connectivity index (χ3n) is 4.05. The molecule has 0 aliphatic carbocycles. The quantitative estimate of drug-likeness (QED) is 0.880. The number of hydrogen-bond donors (Lipinski definition) is 2. The van der Waals surface area contributed by atoms with Crippen LogP contribution in [0.4, 0.5) is 0 Å². The molecule has 2 aromatic rings. The van der Waals surface area contributed by atoms with E-state index in [-0.39, 0.29) is 0 Å². The molecule has 1 aliphatic heterocycles. The highest BCUT2D eigenvalue weighted by Crippen LogP contribution is 2.26. The Kier molecular flexibility index (Phi) is 4.81. The Morgan fingerprint density at radius 1 is 1.32 bits per heavy atom. The van der Waals surface area contributed by atoms with E-state index in [4.69, 9.17) is 0 Å². The molecule has 118 valence electrons. The van der Waals surface area contributed by atoms with Crippen molar-refractivity contribution < 1.29 is 5.11 Å². The van der Waals surface area contributed by atoms with Crippen LogP contribution in [0.1, 0.15) is 18.4 Å². The fourth-order valence-electron chi connectivity index (χ4n) is 2.78. The summed E-state index contributed by atoms with van der Waals surface area (Å²) in [5.41, 5.74) is 2.64. The summed E-state index contributed by atoms with van der Waals surface area (Å²) in [6.07, 6.45) is 7.33. The van der Waals surface area contributed by atoms with Gasteiger partial charge in [0, 0.05) is 49.9 Å². The average Bonchev–Trinajstić information content (AvgIpc) is 2.90. The summed E-state index contributed by atoms with van der Waals surface area (Å²) in [5, 5.41) is 18.5. The van der Waals surface area contributed by atoms with Gasteiger partial charge in [0.25, 0.3) is 0 Å². The number of nitrogens with one attached hydrogen (secondary N) is 1. The molecule has 0 radical (unpaired) electrons. The van der Waals surface area contributed by atoms with Crippen molar-refractivity contribution in [3.05, 3.63) is 36.3 Å². The number of rotatable bonds is 5. The molecule has 0 aromatic carbocycles. The molecule has 1 aliphatic rings. The van der Waals surface area contributed by atoms with E-state index in [2.05, 4.69) is 15.4 Å². The van der Waals surface area contributed by atoms with E-state index < -0.39 is 5.60 Å². The SMILES string of the molecule is Cn1cc(CNCC2(O)CCSCC2)c(-c2ccncc2)n1. The summed E-state index contributed by atoms with van der Waals surface area (Å²) in [4.78, 5) is 4.05. The molecule has 0 spiro atoms. The topological polar surface area (TPSA) is 63.0 Å². The van der Waals surface area contributed by atoms with Crippen LogP contribution in [-0.4, -0.2) is 43.5 Å². The molecule has 0 atom stereocenters. The van der Waals surface area contributed by atoms with E-state index in [1.807, 2.05) is 41.8 Å². The van der Waals surface area contributed by atoms with Crippen molar-refractivity contribution in [2.45, 2.75) is 25.0 Å². The summed E-state index contributed by atoms with van der Waals surface area (Å²) in [5.74, 6) is 2.10. The first-order valence-electron chi connectivity index (χ1n) is 7.60. The Morgan fingerprint density at radius 2 is 2.05 bits per heavy atom. The monoisotopic (exact) mass is 318 g/mol. The Bertz CT molecular complexity index is 608. The second-order valence-corrected chi connectivity index (χ2v) is 7.08. The van der Waals surface area contributed by atoms with Gasteiger partial charge < -0.3 is 10.4 Å². The van der Waals surface area contributed by atoms with Crippen molar-refractivity contribution >= 4 is 11.8 Å². The van der Waals surface area contributed by atoms with Gasteiger partial charge in [0.05, 0.1) is 11.3 Å². The Morgan fingerprint density at radius 3 is 2.77 bits per heavy atom. The molecule has 22 heavy (non-hydrogen) atoms. The molecule has 1 saturated heterocycles. The van der Waals surface area contributed by atoms with Gasteiger partial charge in [-0.1, -0.05) is 0 Å². The van der Waals surface area contributed by atoms with Crippen LogP contribution < -0.4 is 5.32 Å². The summed E-state index contributed by atoms with van der Waals surface area (Å²) < 4.78 is 1.83. The first-order chi connectivity index (χ1) is 10.7. The van der Waals surface area contributed by atoms with Crippen molar-refractivity contribution in [2.24, 2.45) is 7.05 Å². The fraction of sp³-hybridized carbons (Fsp3) is 0.500. The number of pyridine rings is 1. The molecule has 3 heterocycles.